The van der Waals surface area contributed by atoms with Crippen molar-refractivity contribution in [1.82, 2.24) is 9.97 Å². The van der Waals surface area contributed by atoms with Gasteiger partial charge in [-0.2, -0.15) is 0 Å². The second-order valence-corrected chi connectivity index (χ2v) is 4.78. The molecule has 3 atom stereocenters. The zero-order chi connectivity index (χ0) is 10.8. The minimum atomic E-state index is 0.492. The lowest BCUT2D eigenvalue weighted by atomic mass is 9.98. The Hall–Kier alpha value is -0.830. The Morgan fingerprint density at radius 3 is 2.73 bits per heavy atom. The van der Waals surface area contributed by atoms with Crippen molar-refractivity contribution in [1.29, 1.82) is 0 Å². The predicted octanol–water partition coefficient (Wildman–Crippen LogP) is 2.98. The molecule has 0 aromatic carbocycles. The highest BCUT2D eigenvalue weighted by atomic mass is 35.5. The summed E-state index contributed by atoms with van der Waals surface area (Å²) in [6.07, 6.45) is 4.00. The fourth-order valence-corrected chi connectivity index (χ4v) is 2.32. The minimum Gasteiger partial charge on any atom is -0.367 e. The molecule has 1 aromatic heterocycles. The van der Waals surface area contributed by atoms with Crippen molar-refractivity contribution in [2.45, 2.75) is 32.7 Å². The van der Waals surface area contributed by atoms with Crippen LogP contribution in [-0.2, 0) is 0 Å². The van der Waals surface area contributed by atoms with Gasteiger partial charge in [0.15, 0.2) is 0 Å². The van der Waals surface area contributed by atoms with E-state index in [2.05, 4.69) is 29.1 Å². The summed E-state index contributed by atoms with van der Waals surface area (Å²) < 4.78 is 0. The predicted molar refractivity (Wildman–Crippen MR) is 62.0 cm³/mol. The highest BCUT2D eigenvalue weighted by molar-refractivity contribution is 6.29. The zero-order valence-electron chi connectivity index (χ0n) is 9.07. The van der Waals surface area contributed by atoms with Crippen molar-refractivity contribution >= 4 is 17.4 Å². The van der Waals surface area contributed by atoms with Gasteiger partial charge in [0.1, 0.15) is 17.3 Å². The Morgan fingerprint density at radius 2 is 2.13 bits per heavy atom. The minimum absolute atomic E-state index is 0.492. The van der Waals surface area contributed by atoms with Gasteiger partial charge in [-0.15, -0.1) is 0 Å². The molecule has 82 valence electrons. The highest BCUT2D eigenvalue weighted by Crippen LogP contribution is 2.32. The third-order valence-electron chi connectivity index (χ3n) is 3.43. The molecule has 1 aromatic rings. The maximum absolute atomic E-state index is 5.80. The van der Waals surface area contributed by atoms with E-state index in [-0.39, 0.29) is 0 Å². The van der Waals surface area contributed by atoms with Gasteiger partial charge in [-0.05, 0) is 24.7 Å². The number of nitrogens with zero attached hydrogens (tertiary/aromatic N) is 2. The maximum Gasteiger partial charge on any atom is 0.134 e. The molecule has 0 saturated heterocycles. The number of hydrogen-bond donors (Lipinski definition) is 1. The van der Waals surface area contributed by atoms with E-state index in [9.17, 15) is 0 Å². The fourth-order valence-electron chi connectivity index (χ4n) is 2.17. The molecule has 3 nitrogen and oxygen atoms in total. The van der Waals surface area contributed by atoms with Gasteiger partial charge >= 0.3 is 0 Å². The van der Waals surface area contributed by atoms with Crippen LogP contribution in [0.5, 0.6) is 0 Å². The Kier molecular flexibility index (Phi) is 3.10. The van der Waals surface area contributed by atoms with Gasteiger partial charge < -0.3 is 5.32 Å². The summed E-state index contributed by atoms with van der Waals surface area (Å²) in [5.74, 6) is 2.32. The molecule has 1 aliphatic rings. The van der Waals surface area contributed by atoms with Crippen molar-refractivity contribution < 1.29 is 0 Å². The van der Waals surface area contributed by atoms with E-state index >= 15 is 0 Å². The average Bonchev–Trinajstić information content (AvgIpc) is 2.50. The normalized spacial score (nSPS) is 30.5. The van der Waals surface area contributed by atoms with Gasteiger partial charge in [-0.3, -0.25) is 0 Å². The molecule has 1 fully saturated rings. The number of rotatable bonds is 2. The topological polar surface area (TPSA) is 37.8 Å². The standard InChI is InChI=1S/C11H16ClN3/c1-7-3-4-9(8(7)2)15-11-5-10(12)13-6-14-11/h5-9H,3-4H2,1-2H3,(H,13,14,15). The summed E-state index contributed by atoms with van der Waals surface area (Å²) >= 11 is 5.80. The van der Waals surface area contributed by atoms with Crippen LogP contribution in [0.15, 0.2) is 12.4 Å². The zero-order valence-corrected chi connectivity index (χ0v) is 9.83. The first-order valence-electron chi connectivity index (χ1n) is 5.41. The summed E-state index contributed by atoms with van der Waals surface area (Å²) in [5, 5.41) is 3.92. The van der Waals surface area contributed by atoms with Crippen LogP contribution >= 0.6 is 11.6 Å². The van der Waals surface area contributed by atoms with Gasteiger partial charge in [0.05, 0.1) is 0 Å². The second-order valence-electron chi connectivity index (χ2n) is 4.39. The summed E-state index contributed by atoms with van der Waals surface area (Å²) in [7, 11) is 0. The van der Waals surface area contributed by atoms with Crippen LogP contribution < -0.4 is 5.32 Å². The quantitative estimate of drug-likeness (QED) is 0.787. The monoisotopic (exact) mass is 225 g/mol. The van der Waals surface area contributed by atoms with Crippen molar-refractivity contribution in [2.24, 2.45) is 11.8 Å². The Bertz CT molecular complexity index is 342. The first-order valence-corrected chi connectivity index (χ1v) is 5.78. The molecule has 1 N–H and O–H groups in total. The third kappa shape index (κ3) is 2.40. The van der Waals surface area contributed by atoms with E-state index in [1.165, 1.54) is 19.2 Å². The van der Waals surface area contributed by atoms with E-state index in [1.807, 2.05) is 0 Å². The molecular formula is C11H16ClN3. The molecule has 0 radical (unpaired) electrons. The van der Waals surface area contributed by atoms with E-state index in [1.54, 1.807) is 6.07 Å². The molecule has 0 bridgehead atoms. The molecule has 1 aliphatic carbocycles. The number of nitrogens with one attached hydrogen (secondary N) is 1. The van der Waals surface area contributed by atoms with E-state index in [0.717, 1.165) is 11.7 Å². The lowest BCUT2D eigenvalue weighted by Crippen LogP contribution is -2.24. The van der Waals surface area contributed by atoms with Crippen LogP contribution in [0.1, 0.15) is 26.7 Å². The molecule has 15 heavy (non-hydrogen) atoms. The van der Waals surface area contributed by atoms with E-state index in [0.29, 0.717) is 17.1 Å². The molecule has 0 aliphatic heterocycles. The number of hydrogen-bond acceptors (Lipinski definition) is 3. The van der Waals surface area contributed by atoms with Crippen LogP contribution in [0.4, 0.5) is 5.82 Å². The third-order valence-corrected chi connectivity index (χ3v) is 3.64. The number of anilines is 1. The van der Waals surface area contributed by atoms with Crippen molar-refractivity contribution in [3.05, 3.63) is 17.5 Å². The Labute approximate surface area is 95.3 Å². The van der Waals surface area contributed by atoms with Gasteiger partial charge in [0, 0.05) is 12.1 Å². The van der Waals surface area contributed by atoms with Crippen molar-refractivity contribution in [3.8, 4) is 0 Å². The summed E-state index contributed by atoms with van der Waals surface area (Å²) in [6.45, 7) is 4.59. The molecule has 0 spiro atoms. The maximum atomic E-state index is 5.80. The Morgan fingerprint density at radius 1 is 1.33 bits per heavy atom. The van der Waals surface area contributed by atoms with Gasteiger partial charge in [0.25, 0.3) is 0 Å². The van der Waals surface area contributed by atoms with Crippen LogP contribution in [0, 0.1) is 11.8 Å². The van der Waals surface area contributed by atoms with Crippen LogP contribution in [-0.4, -0.2) is 16.0 Å². The van der Waals surface area contributed by atoms with Gasteiger partial charge in [0.2, 0.25) is 0 Å². The second kappa shape index (κ2) is 4.35. The van der Waals surface area contributed by atoms with Crippen LogP contribution in [0.2, 0.25) is 5.15 Å². The SMILES string of the molecule is CC1CCC(Nc2cc(Cl)ncn2)C1C. The highest BCUT2D eigenvalue weighted by Gasteiger charge is 2.29. The average molecular weight is 226 g/mol. The summed E-state index contributed by atoms with van der Waals surface area (Å²) in [6, 6.07) is 2.29. The van der Waals surface area contributed by atoms with Crippen LogP contribution in [0.3, 0.4) is 0 Å². The largest absolute Gasteiger partial charge is 0.367 e. The fraction of sp³-hybridized carbons (Fsp3) is 0.636. The van der Waals surface area contributed by atoms with Crippen LogP contribution in [0.25, 0.3) is 0 Å². The lowest BCUT2D eigenvalue weighted by Gasteiger charge is -2.19. The van der Waals surface area contributed by atoms with Crippen molar-refractivity contribution in [2.75, 3.05) is 5.32 Å². The molecule has 1 heterocycles. The molecule has 4 heteroatoms. The number of aromatic nitrogens is 2. The molecule has 0 amide bonds. The molecule has 3 unspecified atom stereocenters. The van der Waals surface area contributed by atoms with Gasteiger partial charge in [-0.1, -0.05) is 25.4 Å². The van der Waals surface area contributed by atoms with Crippen molar-refractivity contribution in [3.63, 3.8) is 0 Å². The van der Waals surface area contributed by atoms with E-state index < -0.39 is 0 Å². The van der Waals surface area contributed by atoms with Gasteiger partial charge in [-0.25, -0.2) is 9.97 Å². The van der Waals surface area contributed by atoms with E-state index in [4.69, 9.17) is 11.6 Å². The smallest absolute Gasteiger partial charge is 0.134 e. The first-order chi connectivity index (χ1) is 7.16. The summed E-state index contributed by atoms with van der Waals surface area (Å²) in [5.41, 5.74) is 0. The molecule has 2 rings (SSSR count). The number of halogens is 1. The Balaban J connectivity index is 2.03. The molecular weight excluding hydrogens is 210 g/mol. The molecule has 1 saturated carbocycles. The first kappa shape index (κ1) is 10.7. The summed E-state index contributed by atoms with van der Waals surface area (Å²) in [4.78, 5) is 8.02. The lowest BCUT2D eigenvalue weighted by molar-refractivity contribution is 0.435.